The minimum absolute atomic E-state index is 0.213. The molecule has 0 aromatic heterocycles. The van der Waals surface area contributed by atoms with Gasteiger partial charge in [0, 0.05) is 44.5 Å². The molecule has 0 unspecified atom stereocenters. The molecular formula is C22H35N3O4. The zero-order valence-electron chi connectivity index (χ0n) is 18.0. The number of morpholine rings is 1. The summed E-state index contributed by atoms with van der Waals surface area (Å²) in [6, 6.07) is 8.51. The molecular weight excluding hydrogens is 370 g/mol. The number of amides is 1. The lowest BCUT2D eigenvalue weighted by atomic mass is 10.0. The number of ether oxygens (including phenoxy) is 3. The topological polar surface area (TPSA) is 63.3 Å². The number of nitrogens with zero attached hydrogens (tertiary/aromatic N) is 2. The number of rotatable bonds is 6. The second-order valence-corrected chi connectivity index (χ2v) is 8.71. The van der Waals surface area contributed by atoms with Gasteiger partial charge in [0.15, 0.2) is 0 Å². The fourth-order valence-electron chi connectivity index (χ4n) is 3.53. The first-order chi connectivity index (χ1) is 13.9. The zero-order valence-corrected chi connectivity index (χ0v) is 18.0. The highest BCUT2D eigenvalue weighted by atomic mass is 16.6. The van der Waals surface area contributed by atoms with Gasteiger partial charge in [-0.25, -0.2) is 4.79 Å². The molecule has 1 aromatic carbocycles. The van der Waals surface area contributed by atoms with Gasteiger partial charge in [-0.1, -0.05) is 0 Å². The fraction of sp³-hybridized carbons (Fsp3) is 0.682. The Bertz CT molecular complexity index is 630. The molecule has 29 heavy (non-hydrogen) atoms. The highest BCUT2D eigenvalue weighted by Gasteiger charge is 2.26. The van der Waals surface area contributed by atoms with Crippen LogP contribution < -0.4 is 10.1 Å². The first-order valence-electron chi connectivity index (χ1n) is 10.7. The van der Waals surface area contributed by atoms with Crippen molar-refractivity contribution in [2.75, 3.05) is 57.9 Å². The highest BCUT2D eigenvalue weighted by molar-refractivity contribution is 5.68. The highest BCUT2D eigenvalue weighted by Crippen LogP contribution is 2.21. The fourth-order valence-corrected chi connectivity index (χ4v) is 3.53. The van der Waals surface area contributed by atoms with Gasteiger partial charge in [-0.15, -0.1) is 0 Å². The molecule has 0 bridgehead atoms. The van der Waals surface area contributed by atoms with Crippen LogP contribution >= 0.6 is 0 Å². The van der Waals surface area contributed by atoms with Crippen LogP contribution in [0.25, 0.3) is 0 Å². The summed E-state index contributed by atoms with van der Waals surface area (Å²) in [7, 11) is 0. The molecule has 2 heterocycles. The Labute approximate surface area is 174 Å². The van der Waals surface area contributed by atoms with Gasteiger partial charge in [0.1, 0.15) is 18.0 Å². The molecule has 0 aliphatic carbocycles. The maximum absolute atomic E-state index is 12.2. The number of piperidine rings is 1. The quantitative estimate of drug-likeness (QED) is 0.784. The third-order valence-corrected chi connectivity index (χ3v) is 5.15. The Morgan fingerprint density at radius 2 is 1.76 bits per heavy atom. The van der Waals surface area contributed by atoms with E-state index < -0.39 is 5.60 Å². The minimum atomic E-state index is -0.446. The van der Waals surface area contributed by atoms with E-state index in [-0.39, 0.29) is 6.09 Å². The second kappa shape index (κ2) is 10.2. The number of anilines is 1. The standard InChI is InChI=1S/C22H35N3O4/c1-22(2,3)29-21(26)25-10-8-19(9-11-25)23-18-4-6-20(7-5-18)28-17-14-24-12-15-27-16-13-24/h4-7,19,23H,8-17H2,1-3H3. The van der Waals surface area contributed by atoms with E-state index in [9.17, 15) is 4.79 Å². The van der Waals surface area contributed by atoms with Crippen LogP contribution in [0.15, 0.2) is 24.3 Å². The number of benzene rings is 1. The molecule has 0 atom stereocenters. The normalized spacial score (nSPS) is 19.1. The minimum Gasteiger partial charge on any atom is -0.492 e. The number of likely N-dealkylation sites (tertiary alicyclic amines) is 1. The van der Waals surface area contributed by atoms with E-state index in [2.05, 4.69) is 22.3 Å². The van der Waals surface area contributed by atoms with Crippen molar-refractivity contribution in [3.8, 4) is 5.75 Å². The Hall–Kier alpha value is -1.99. The number of carbonyl (C=O) groups excluding carboxylic acids is 1. The Morgan fingerprint density at radius 1 is 1.10 bits per heavy atom. The van der Waals surface area contributed by atoms with Gasteiger partial charge in [-0.2, -0.15) is 0 Å². The molecule has 3 rings (SSSR count). The molecule has 1 amide bonds. The summed E-state index contributed by atoms with van der Waals surface area (Å²) in [5.74, 6) is 0.892. The van der Waals surface area contributed by atoms with Crippen molar-refractivity contribution < 1.29 is 19.0 Å². The Balaban J connectivity index is 1.36. The van der Waals surface area contributed by atoms with Crippen LogP contribution in [-0.2, 0) is 9.47 Å². The van der Waals surface area contributed by atoms with Crippen LogP contribution in [0.1, 0.15) is 33.6 Å². The van der Waals surface area contributed by atoms with Crippen molar-refractivity contribution >= 4 is 11.8 Å². The van der Waals surface area contributed by atoms with Gasteiger partial charge in [0.2, 0.25) is 0 Å². The maximum atomic E-state index is 12.2. The Morgan fingerprint density at radius 3 is 2.38 bits per heavy atom. The molecule has 162 valence electrons. The predicted octanol–water partition coefficient (Wildman–Crippen LogP) is 3.21. The van der Waals surface area contributed by atoms with Crippen molar-refractivity contribution in [2.45, 2.75) is 45.3 Å². The summed E-state index contributed by atoms with van der Waals surface area (Å²) < 4.78 is 16.7. The van der Waals surface area contributed by atoms with Gasteiger partial charge in [-0.05, 0) is 57.9 Å². The molecule has 2 saturated heterocycles. The van der Waals surface area contributed by atoms with Gasteiger partial charge < -0.3 is 24.4 Å². The zero-order chi connectivity index (χ0) is 20.7. The summed E-state index contributed by atoms with van der Waals surface area (Å²) in [6.07, 6.45) is 1.61. The van der Waals surface area contributed by atoms with Gasteiger partial charge in [0.05, 0.1) is 13.2 Å². The van der Waals surface area contributed by atoms with Crippen LogP contribution in [0.2, 0.25) is 0 Å². The third kappa shape index (κ3) is 7.40. The lowest BCUT2D eigenvalue weighted by Crippen LogP contribution is -2.44. The van der Waals surface area contributed by atoms with Gasteiger partial charge in [0.25, 0.3) is 0 Å². The summed E-state index contributed by atoms with van der Waals surface area (Å²) >= 11 is 0. The summed E-state index contributed by atoms with van der Waals surface area (Å²) in [4.78, 5) is 16.3. The van der Waals surface area contributed by atoms with Crippen molar-refractivity contribution in [1.82, 2.24) is 9.80 Å². The lowest BCUT2D eigenvalue weighted by Gasteiger charge is -2.34. The van der Waals surface area contributed by atoms with Crippen molar-refractivity contribution in [2.24, 2.45) is 0 Å². The lowest BCUT2D eigenvalue weighted by molar-refractivity contribution is 0.0210. The maximum Gasteiger partial charge on any atom is 0.410 e. The SMILES string of the molecule is CC(C)(C)OC(=O)N1CCC(Nc2ccc(OCCN3CCOCC3)cc2)CC1. The van der Waals surface area contributed by atoms with Crippen LogP contribution in [0.4, 0.5) is 10.5 Å². The smallest absolute Gasteiger partial charge is 0.410 e. The van der Waals surface area contributed by atoms with Crippen molar-refractivity contribution in [3.63, 3.8) is 0 Å². The largest absolute Gasteiger partial charge is 0.492 e. The molecule has 1 aromatic rings. The Kier molecular flexibility index (Phi) is 7.61. The van der Waals surface area contributed by atoms with Gasteiger partial charge >= 0.3 is 6.09 Å². The second-order valence-electron chi connectivity index (χ2n) is 8.71. The molecule has 2 aliphatic heterocycles. The predicted molar refractivity (Wildman–Crippen MR) is 114 cm³/mol. The molecule has 7 nitrogen and oxygen atoms in total. The van der Waals surface area contributed by atoms with E-state index in [1.54, 1.807) is 4.90 Å². The monoisotopic (exact) mass is 405 g/mol. The number of nitrogens with one attached hydrogen (secondary N) is 1. The first-order valence-corrected chi connectivity index (χ1v) is 10.7. The molecule has 0 radical (unpaired) electrons. The van der Waals surface area contributed by atoms with E-state index in [1.807, 2.05) is 32.9 Å². The molecule has 2 fully saturated rings. The molecule has 7 heteroatoms. The molecule has 2 aliphatic rings. The third-order valence-electron chi connectivity index (χ3n) is 5.15. The van der Waals surface area contributed by atoms with E-state index >= 15 is 0 Å². The summed E-state index contributed by atoms with van der Waals surface area (Å²) in [6.45, 7) is 12.4. The van der Waals surface area contributed by atoms with Crippen LogP contribution in [0.5, 0.6) is 5.75 Å². The van der Waals surface area contributed by atoms with Crippen LogP contribution in [0.3, 0.4) is 0 Å². The van der Waals surface area contributed by atoms with Crippen molar-refractivity contribution in [3.05, 3.63) is 24.3 Å². The van der Waals surface area contributed by atoms with Crippen molar-refractivity contribution in [1.29, 1.82) is 0 Å². The van der Waals surface area contributed by atoms with E-state index in [1.165, 1.54) is 0 Å². The van der Waals surface area contributed by atoms with Crippen LogP contribution in [-0.4, -0.2) is 80.1 Å². The number of carbonyl (C=O) groups is 1. The molecule has 0 spiro atoms. The number of hydrogen-bond donors (Lipinski definition) is 1. The average molecular weight is 406 g/mol. The summed E-state index contributed by atoms with van der Waals surface area (Å²) in [5, 5.41) is 3.57. The number of hydrogen-bond acceptors (Lipinski definition) is 6. The average Bonchev–Trinajstić information content (AvgIpc) is 2.69. The van der Waals surface area contributed by atoms with E-state index in [4.69, 9.17) is 14.2 Å². The van der Waals surface area contributed by atoms with E-state index in [0.29, 0.717) is 12.6 Å². The van der Waals surface area contributed by atoms with Crippen LogP contribution in [0, 0.1) is 0 Å². The summed E-state index contributed by atoms with van der Waals surface area (Å²) in [5.41, 5.74) is 0.638. The molecule has 1 N–H and O–H groups in total. The van der Waals surface area contributed by atoms with Gasteiger partial charge in [-0.3, -0.25) is 4.90 Å². The van der Waals surface area contributed by atoms with E-state index in [0.717, 1.165) is 70.2 Å². The first kappa shape index (κ1) is 21.7. The molecule has 0 saturated carbocycles.